The van der Waals surface area contributed by atoms with Gasteiger partial charge in [-0.15, -0.1) is 0 Å². The van der Waals surface area contributed by atoms with E-state index in [1.54, 1.807) is 0 Å². The minimum Gasteiger partial charge on any atom is -0.373 e. The second kappa shape index (κ2) is 6.02. The third-order valence-corrected chi connectivity index (χ3v) is 3.99. The van der Waals surface area contributed by atoms with E-state index in [0.717, 1.165) is 19.0 Å². The van der Waals surface area contributed by atoms with Crippen molar-refractivity contribution in [3.05, 3.63) is 0 Å². The number of morpholine rings is 1. The zero-order chi connectivity index (χ0) is 11.4. The summed E-state index contributed by atoms with van der Waals surface area (Å²) in [4.78, 5) is 2.63. The molecule has 0 spiro atoms. The molecule has 0 amide bonds. The molecule has 2 rings (SSSR count). The normalized spacial score (nSPS) is 34.9. The van der Waals surface area contributed by atoms with Crippen molar-refractivity contribution in [2.45, 2.75) is 64.6 Å². The Labute approximate surface area is 100 Å². The topological polar surface area (TPSA) is 12.5 Å². The first-order valence-electron chi connectivity index (χ1n) is 7.12. The number of rotatable bonds is 2. The maximum Gasteiger partial charge on any atom is 0.0678 e. The van der Waals surface area contributed by atoms with Crippen LogP contribution in [0.2, 0.25) is 0 Å². The summed E-state index contributed by atoms with van der Waals surface area (Å²) in [7, 11) is 0. The quantitative estimate of drug-likeness (QED) is 0.670. The van der Waals surface area contributed by atoms with Crippen LogP contribution < -0.4 is 0 Å². The van der Waals surface area contributed by atoms with Crippen molar-refractivity contribution in [1.29, 1.82) is 0 Å². The standard InChI is InChI=1S/C14H27NO/c1-12-9-15(10-13(2)16-12)11-14-7-5-3-4-6-8-14/h12-14H,3-11H2,1-2H3/t12-,13-/m0/s1. The van der Waals surface area contributed by atoms with Gasteiger partial charge in [-0.2, -0.15) is 0 Å². The second-order valence-corrected chi connectivity index (χ2v) is 5.83. The van der Waals surface area contributed by atoms with Crippen LogP contribution in [0.15, 0.2) is 0 Å². The number of hydrogen-bond acceptors (Lipinski definition) is 2. The molecule has 0 bridgehead atoms. The Bertz CT molecular complexity index is 189. The van der Waals surface area contributed by atoms with Crippen LogP contribution in [0.5, 0.6) is 0 Å². The summed E-state index contributed by atoms with van der Waals surface area (Å²) < 4.78 is 5.79. The molecule has 1 saturated heterocycles. The Morgan fingerprint density at radius 2 is 1.50 bits per heavy atom. The maximum atomic E-state index is 5.79. The second-order valence-electron chi connectivity index (χ2n) is 5.83. The van der Waals surface area contributed by atoms with Gasteiger partial charge in [-0.1, -0.05) is 25.7 Å². The lowest BCUT2D eigenvalue weighted by atomic mass is 9.99. The van der Waals surface area contributed by atoms with E-state index in [4.69, 9.17) is 4.74 Å². The van der Waals surface area contributed by atoms with Crippen molar-refractivity contribution >= 4 is 0 Å². The predicted molar refractivity (Wildman–Crippen MR) is 67.6 cm³/mol. The van der Waals surface area contributed by atoms with Crippen LogP contribution >= 0.6 is 0 Å². The molecule has 2 aliphatic rings. The first kappa shape index (κ1) is 12.4. The summed E-state index contributed by atoms with van der Waals surface area (Å²) in [6.07, 6.45) is 9.61. The highest BCUT2D eigenvalue weighted by Crippen LogP contribution is 2.24. The largest absolute Gasteiger partial charge is 0.373 e. The van der Waals surface area contributed by atoms with Crippen molar-refractivity contribution in [1.82, 2.24) is 4.90 Å². The van der Waals surface area contributed by atoms with Gasteiger partial charge in [0.15, 0.2) is 0 Å². The third kappa shape index (κ3) is 3.74. The van der Waals surface area contributed by atoms with Gasteiger partial charge in [0.1, 0.15) is 0 Å². The number of hydrogen-bond donors (Lipinski definition) is 0. The zero-order valence-corrected chi connectivity index (χ0v) is 11.0. The average molecular weight is 225 g/mol. The molecule has 1 aliphatic carbocycles. The molecule has 0 N–H and O–H groups in total. The van der Waals surface area contributed by atoms with Gasteiger partial charge < -0.3 is 4.74 Å². The third-order valence-electron chi connectivity index (χ3n) is 3.99. The van der Waals surface area contributed by atoms with Crippen LogP contribution in [-0.2, 0) is 4.74 Å². The highest BCUT2D eigenvalue weighted by molar-refractivity contribution is 4.76. The van der Waals surface area contributed by atoms with Crippen molar-refractivity contribution < 1.29 is 4.74 Å². The van der Waals surface area contributed by atoms with E-state index in [9.17, 15) is 0 Å². The van der Waals surface area contributed by atoms with Gasteiger partial charge in [-0.3, -0.25) is 4.90 Å². The van der Waals surface area contributed by atoms with E-state index in [2.05, 4.69) is 18.7 Å². The van der Waals surface area contributed by atoms with Crippen LogP contribution in [-0.4, -0.2) is 36.7 Å². The van der Waals surface area contributed by atoms with Gasteiger partial charge in [0.2, 0.25) is 0 Å². The van der Waals surface area contributed by atoms with Gasteiger partial charge in [0.05, 0.1) is 12.2 Å². The molecule has 0 aromatic rings. The smallest absolute Gasteiger partial charge is 0.0678 e. The first-order chi connectivity index (χ1) is 7.74. The zero-order valence-electron chi connectivity index (χ0n) is 11.0. The summed E-state index contributed by atoms with van der Waals surface area (Å²) in [6, 6.07) is 0. The molecule has 2 nitrogen and oxygen atoms in total. The number of ether oxygens (including phenoxy) is 1. The highest BCUT2D eigenvalue weighted by atomic mass is 16.5. The van der Waals surface area contributed by atoms with Gasteiger partial charge in [0, 0.05) is 19.6 Å². The summed E-state index contributed by atoms with van der Waals surface area (Å²) in [6.45, 7) is 8.01. The maximum absolute atomic E-state index is 5.79. The molecular formula is C14H27NO. The summed E-state index contributed by atoms with van der Waals surface area (Å²) in [5.74, 6) is 0.958. The summed E-state index contributed by atoms with van der Waals surface area (Å²) >= 11 is 0. The van der Waals surface area contributed by atoms with Crippen LogP contribution in [0.4, 0.5) is 0 Å². The van der Waals surface area contributed by atoms with Crippen LogP contribution in [0.1, 0.15) is 52.4 Å². The van der Waals surface area contributed by atoms with Gasteiger partial charge in [-0.05, 0) is 32.6 Å². The van der Waals surface area contributed by atoms with E-state index in [-0.39, 0.29) is 0 Å². The SMILES string of the molecule is C[C@H]1CN(CC2CCCCCC2)C[C@H](C)O1. The average Bonchev–Trinajstić information content (AvgIpc) is 2.44. The summed E-state index contributed by atoms with van der Waals surface area (Å²) in [5.41, 5.74) is 0. The molecule has 0 aromatic heterocycles. The monoisotopic (exact) mass is 225 g/mol. The van der Waals surface area contributed by atoms with E-state index in [1.165, 1.54) is 45.1 Å². The molecule has 2 fully saturated rings. The lowest BCUT2D eigenvalue weighted by Crippen LogP contribution is -2.47. The van der Waals surface area contributed by atoms with E-state index < -0.39 is 0 Å². The fourth-order valence-corrected chi connectivity index (χ4v) is 3.35. The van der Waals surface area contributed by atoms with E-state index in [0.29, 0.717) is 12.2 Å². The molecule has 1 heterocycles. The van der Waals surface area contributed by atoms with Crippen molar-refractivity contribution in [3.63, 3.8) is 0 Å². The van der Waals surface area contributed by atoms with Crippen molar-refractivity contribution in [3.8, 4) is 0 Å². The fraction of sp³-hybridized carbons (Fsp3) is 1.00. The molecule has 94 valence electrons. The lowest BCUT2D eigenvalue weighted by Gasteiger charge is -2.37. The van der Waals surface area contributed by atoms with Gasteiger partial charge in [0.25, 0.3) is 0 Å². The molecule has 2 atom stereocenters. The van der Waals surface area contributed by atoms with Crippen LogP contribution in [0.25, 0.3) is 0 Å². The summed E-state index contributed by atoms with van der Waals surface area (Å²) in [5, 5.41) is 0. The molecular weight excluding hydrogens is 198 g/mol. The Balaban J connectivity index is 1.78. The van der Waals surface area contributed by atoms with Gasteiger partial charge >= 0.3 is 0 Å². The van der Waals surface area contributed by atoms with Gasteiger partial charge in [-0.25, -0.2) is 0 Å². The van der Waals surface area contributed by atoms with Crippen LogP contribution in [0, 0.1) is 5.92 Å². The molecule has 16 heavy (non-hydrogen) atoms. The van der Waals surface area contributed by atoms with Crippen molar-refractivity contribution in [2.75, 3.05) is 19.6 Å². The predicted octanol–water partition coefficient (Wildman–Crippen LogP) is 3.07. The van der Waals surface area contributed by atoms with E-state index >= 15 is 0 Å². The minimum atomic E-state index is 0.425. The van der Waals surface area contributed by atoms with Crippen LogP contribution in [0.3, 0.4) is 0 Å². The molecule has 2 heteroatoms. The molecule has 1 aliphatic heterocycles. The van der Waals surface area contributed by atoms with E-state index in [1.807, 2.05) is 0 Å². The van der Waals surface area contributed by atoms with Crippen molar-refractivity contribution in [2.24, 2.45) is 5.92 Å². The molecule has 0 aromatic carbocycles. The minimum absolute atomic E-state index is 0.425. The Kier molecular flexibility index (Phi) is 4.66. The molecule has 1 saturated carbocycles. The highest BCUT2D eigenvalue weighted by Gasteiger charge is 2.24. The first-order valence-corrected chi connectivity index (χ1v) is 7.12. The lowest BCUT2D eigenvalue weighted by molar-refractivity contribution is -0.0718. The Morgan fingerprint density at radius 3 is 2.06 bits per heavy atom. The fourth-order valence-electron chi connectivity index (χ4n) is 3.35. The number of nitrogens with zero attached hydrogens (tertiary/aromatic N) is 1. The molecule has 0 radical (unpaired) electrons. The Morgan fingerprint density at radius 1 is 0.938 bits per heavy atom. The molecule has 0 unspecified atom stereocenters. The Hall–Kier alpha value is -0.0800.